The van der Waals surface area contributed by atoms with Crippen molar-refractivity contribution in [2.75, 3.05) is 14.2 Å². The molecule has 0 aliphatic heterocycles. The Labute approximate surface area is 210 Å². The number of nitrogens with zero attached hydrogens (tertiary/aromatic N) is 5. The SMILES string of the molecule is COc1cccc(OC)c1-n1c(COC(C)C)nnc1CS(=O)(=O)[C@@H](C)[C@H](C)c1ncc(Cl)cn1. The summed E-state index contributed by atoms with van der Waals surface area (Å²) in [6.45, 7) is 7.32. The van der Waals surface area contributed by atoms with Crippen molar-refractivity contribution in [2.24, 2.45) is 0 Å². The minimum Gasteiger partial charge on any atom is -0.494 e. The number of sulfone groups is 1. The van der Waals surface area contributed by atoms with Crippen molar-refractivity contribution in [2.45, 2.75) is 57.3 Å². The van der Waals surface area contributed by atoms with Gasteiger partial charge in [0.05, 0.1) is 30.6 Å². The number of hydrogen-bond acceptors (Lipinski definition) is 9. The monoisotopic (exact) mass is 523 g/mol. The van der Waals surface area contributed by atoms with Crippen LogP contribution < -0.4 is 9.47 Å². The quantitative estimate of drug-likeness (QED) is 0.370. The Hall–Kier alpha value is -2.76. The molecule has 3 rings (SSSR count). The Morgan fingerprint density at radius 2 is 1.54 bits per heavy atom. The van der Waals surface area contributed by atoms with Gasteiger partial charge in [-0.05, 0) is 32.9 Å². The Kier molecular flexibility index (Phi) is 8.68. The second kappa shape index (κ2) is 11.3. The number of aromatic nitrogens is 5. The first-order valence-electron chi connectivity index (χ1n) is 11.0. The van der Waals surface area contributed by atoms with E-state index in [2.05, 4.69) is 20.2 Å². The number of ether oxygens (including phenoxy) is 3. The molecule has 2 aromatic heterocycles. The summed E-state index contributed by atoms with van der Waals surface area (Å²) < 4.78 is 45.5. The molecule has 12 heteroatoms. The van der Waals surface area contributed by atoms with E-state index in [4.69, 9.17) is 25.8 Å². The highest BCUT2D eigenvalue weighted by Gasteiger charge is 2.32. The summed E-state index contributed by atoms with van der Waals surface area (Å²) in [5.74, 6) is 1.14. The minimum atomic E-state index is -3.72. The zero-order chi connectivity index (χ0) is 25.8. The van der Waals surface area contributed by atoms with Crippen LogP contribution in [0, 0.1) is 0 Å². The summed E-state index contributed by atoms with van der Waals surface area (Å²) in [6, 6.07) is 5.29. The van der Waals surface area contributed by atoms with Crippen LogP contribution in [-0.4, -0.2) is 58.7 Å². The van der Waals surface area contributed by atoms with Gasteiger partial charge in [-0.15, -0.1) is 10.2 Å². The van der Waals surface area contributed by atoms with Crippen molar-refractivity contribution in [1.29, 1.82) is 0 Å². The van der Waals surface area contributed by atoms with Crippen LogP contribution >= 0.6 is 11.6 Å². The molecule has 2 heterocycles. The van der Waals surface area contributed by atoms with E-state index in [1.807, 2.05) is 13.8 Å². The maximum atomic E-state index is 13.5. The maximum absolute atomic E-state index is 13.5. The van der Waals surface area contributed by atoms with Gasteiger partial charge in [-0.2, -0.15) is 0 Å². The van der Waals surface area contributed by atoms with Crippen molar-refractivity contribution in [3.63, 3.8) is 0 Å². The third kappa shape index (κ3) is 6.09. The minimum absolute atomic E-state index is 0.0628. The van der Waals surface area contributed by atoms with Crippen molar-refractivity contribution in [3.05, 3.63) is 53.1 Å². The van der Waals surface area contributed by atoms with E-state index < -0.39 is 21.0 Å². The zero-order valence-electron chi connectivity index (χ0n) is 20.6. The average Bonchev–Trinajstić information content (AvgIpc) is 3.22. The number of methoxy groups -OCH3 is 2. The number of halogens is 1. The third-order valence-corrected chi connectivity index (χ3v) is 8.01. The Morgan fingerprint density at radius 1 is 0.971 bits per heavy atom. The molecular formula is C23H30ClN5O5S. The van der Waals surface area contributed by atoms with Gasteiger partial charge in [-0.3, -0.25) is 4.57 Å². The maximum Gasteiger partial charge on any atom is 0.163 e. The van der Waals surface area contributed by atoms with Crippen LogP contribution in [-0.2, 0) is 26.9 Å². The normalized spacial score (nSPS) is 13.6. The lowest BCUT2D eigenvalue weighted by Gasteiger charge is -2.20. The van der Waals surface area contributed by atoms with E-state index in [1.54, 1.807) is 36.6 Å². The van der Waals surface area contributed by atoms with Crippen LogP contribution in [0.15, 0.2) is 30.6 Å². The molecule has 0 amide bonds. The summed E-state index contributed by atoms with van der Waals surface area (Å²) in [5, 5.41) is 8.05. The first-order chi connectivity index (χ1) is 16.6. The number of benzene rings is 1. The van der Waals surface area contributed by atoms with Gasteiger partial charge in [-0.25, -0.2) is 18.4 Å². The van der Waals surface area contributed by atoms with Gasteiger partial charge < -0.3 is 14.2 Å². The lowest BCUT2D eigenvalue weighted by Crippen LogP contribution is -2.27. The lowest BCUT2D eigenvalue weighted by molar-refractivity contribution is 0.0603. The fraction of sp³-hybridized carbons (Fsp3) is 0.478. The highest BCUT2D eigenvalue weighted by atomic mass is 35.5. The second-order valence-electron chi connectivity index (χ2n) is 8.30. The lowest BCUT2D eigenvalue weighted by atomic mass is 10.1. The molecule has 0 unspecified atom stereocenters. The van der Waals surface area contributed by atoms with E-state index in [0.717, 1.165) is 0 Å². The molecule has 0 saturated heterocycles. The van der Waals surface area contributed by atoms with Crippen LogP contribution in [0.4, 0.5) is 0 Å². The Morgan fingerprint density at radius 3 is 2.09 bits per heavy atom. The van der Waals surface area contributed by atoms with E-state index in [0.29, 0.717) is 33.9 Å². The smallest absolute Gasteiger partial charge is 0.163 e. The fourth-order valence-electron chi connectivity index (χ4n) is 3.48. The van der Waals surface area contributed by atoms with E-state index in [-0.39, 0.29) is 24.3 Å². The van der Waals surface area contributed by atoms with Gasteiger partial charge in [0.2, 0.25) is 0 Å². The second-order valence-corrected chi connectivity index (χ2v) is 11.1. The van der Waals surface area contributed by atoms with Gasteiger partial charge in [0.15, 0.2) is 21.5 Å². The Bertz CT molecular complexity index is 1230. The van der Waals surface area contributed by atoms with E-state index in [1.165, 1.54) is 26.6 Å². The molecule has 1 aromatic carbocycles. The molecule has 35 heavy (non-hydrogen) atoms. The van der Waals surface area contributed by atoms with Gasteiger partial charge in [0, 0.05) is 18.3 Å². The Balaban J connectivity index is 2.04. The van der Waals surface area contributed by atoms with Crippen LogP contribution in [0.5, 0.6) is 11.5 Å². The fourth-order valence-corrected chi connectivity index (χ4v) is 5.13. The first-order valence-corrected chi connectivity index (χ1v) is 13.1. The molecule has 0 N–H and O–H groups in total. The highest BCUT2D eigenvalue weighted by Crippen LogP contribution is 2.35. The summed E-state index contributed by atoms with van der Waals surface area (Å²) in [5.41, 5.74) is 0.497. The molecule has 0 fully saturated rings. The third-order valence-electron chi connectivity index (χ3n) is 5.62. The van der Waals surface area contributed by atoms with E-state index >= 15 is 0 Å². The van der Waals surface area contributed by atoms with Gasteiger partial charge in [0.1, 0.15) is 35.4 Å². The molecule has 0 aliphatic rings. The van der Waals surface area contributed by atoms with Crippen molar-refractivity contribution in [1.82, 2.24) is 24.7 Å². The van der Waals surface area contributed by atoms with Crippen molar-refractivity contribution in [3.8, 4) is 17.2 Å². The molecule has 3 aromatic rings. The zero-order valence-corrected chi connectivity index (χ0v) is 22.2. The molecule has 0 aliphatic carbocycles. The van der Waals surface area contributed by atoms with Gasteiger partial charge in [-0.1, -0.05) is 24.6 Å². The summed E-state index contributed by atoms with van der Waals surface area (Å²) >= 11 is 5.87. The number of para-hydroxylation sites is 1. The largest absolute Gasteiger partial charge is 0.494 e. The van der Waals surface area contributed by atoms with E-state index in [9.17, 15) is 8.42 Å². The molecule has 0 radical (unpaired) electrons. The van der Waals surface area contributed by atoms with Crippen LogP contribution in [0.2, 0.25) is 5.02 Å². The molecule has 2 atom stereocenters. The van der Waals surface area contributed by atoms with Crippen molar-refractivity contribution < 1.29 is 22.6 Å². The molecule has 190 valence electrons. The molecule has 0 saturated carbocycles. The highest BCUT2D eigenvalue weighted by molar-refractivity contribution is 7.91. The van der Waals surface area contributed by atoms with Crippen LogP contribution in [0.25, 0.3) is 5.69 Å². The molecular weight excluding hydrogens is 494 g/mol. The molecule has 0 bridgehead atoms. The predicted molar refractivity (Wildman–Crippen MR) is 132 cm³/mol. The first kappa shape index (κ1) is 26.8. The predicted octanol–water partition coefficient (Wildman–Crippen LogP) is 3.76. The molecule has 10 nitrogen and oxygen atoms in total. The summed E-state index contributed by atoms with van der Waals surface area (Å²) in [6.07, 6.45) is 2.84. The topological polar surface area (TPSA) is 118 Å². The van der Waals surface area contributed by atoms with Crippen molar-refractivity contribution >= 4 is 21.4 Å². The number of rotatable bonds is 11. The van der Waals surface area contributed by atoms with Crippen LogP contribution in [0.3, 0.4) is 0 Å². The van der Waals surface area contributed by atoms with Crippen LogP contribution in [0.1, 0.15) is 51.1 Å². The molecule has 0 spiro atoms. The average molecular weight is 524 g/mol. The number of hydrogen-bond donors (Lipinski definition) is 0. The standard InChI is InChI=1S/C23H30ClN5O5S/c1-14(2)34-12-20-27-28-21(29(20)22-18(32-5)8-7-9-19(22)33-6)13-35(30,31)16(4)15(3)23-25-10-17(24)11-26-23/h7-11,14-16H,12-13H2,1-6H3/t15-,16-/m0/s1. The summed E-state index contributed by atoms with van der Waals surface area (Å²) in [4.78, 5) is 8.37. The van der Waals surface area contributed by atoms with Gasteiger partial charge in [0.25, 0.3) is 0 Å². The van der Waals surface area contributed by atoms with Gasteiger partial charge >= 0.3 is 0 Å². The summed E-state index contributed by atoms with van der Waals surface area (Å²) in [7, 11) is -0.663.